The fourth-order valence-corrected chi connectivity index (χ4v) is 3.28. The smallest absolute Gasteiger partial charge is 0.276 e. The van der Waals surface area contributed by atoms with Crippen LogP contribution >= 0.6 is 23.2 Å². The topological polar surface area (TPSA) is 80.1 Å². The second-order valence-corrected chi connectivity index (χ2v) is 6.91. The molecule has 0 saturated carbocycles. The molecule has 1 fully saturated rings. The highest BCUT2D eigenvalue weighted by Gasteiger charge is 2.27. The minimum absolute atomic E-state index is 0.0477. The second kappa shape index (κ2) is 7.21. The summed E-state index contributed by atoms with van der Waals surface area (Å²) >= 11 is 12.0. The van der Waals surface area contributed by atoms with Crippen LogP contribution in [0.5, 0.6) is 0 Å². The molecule has 1 aliphatic heterocycles. The fourth-order valence-electron chi connectivity index (χ4n) is 2.89. The van der Waals surface area contributed by atoms with Gasteiger partial charge in [0.25, 0.3) is 5.91 Å². The second-order valence-electron chi connectivity index (χ2n) is 6.08. The van der Waals surface area contributed by atoms with Crippen molar-refractivity contribution in [3.05, 3.63) is 64.3 Å². The van der Waals surface area contributed by atoms with Crippen LogP contribution in [0.2, 0.25) is 10.2 Å². The number of aromatic nitrogens is 3. The Hall–Kier alpha value is -2.97. The summed E-state index contributed by atoms with van der Waals surface area (Å²) in [6.07, 6.45) is 1.49. The van der Waals surface area contributed by atoms with E-state index in [2.05, 4.69) is 15.4 Å². The van der Waals surface area contributed by atoms with Crippen molar-refractivity contribution in [2.45, 2.75) is 0 Å². The Morgan fingerprint density at radius 1 is 1.18 bits per heavy atom. The molecule has 10 heteroatoms. The molecule has 0 spiro atoms. The summed E-state index contributed by atoms with van der Waals surface area (Å²) < 4.78 is 15.4. The van der Waals surface area contributed by atoms with Crippen LogP contribution in [0, 0.1) is 5.82 Å². The molecule has 1 saturated heterocycles. The Morgan fingerprint density at radius 3 is 2.68 bits per heavy atom. The van der Waals surface area contributed by atoms with E-state index in [0.717, 1.165) is 0 Å². The van der Waals surface area contributed by atoms with E-state index in [1.54, 1.807) is 18.2 Å². The molecule has 0 bridgehead atoms. The summed E-state index contributed by atoms with van der Waals surface area (Å²) in [5.41, 5.74) is 1.50. The molecule has 2 aromatic heterocycles. The normalized spacial score (nSPS) is 13.7. The van der Waals surface area contributed by atoms with Crippen LogP contribution in [0.1, 0.15) is 10.5 Å². The molecule has 7 nitrogen and oxygen atoms in total. The number of hydrogen-bond donors (Lipinski definition) is 1. The number of carbonyl (C=O) groups is 2. The molecule has 1 N–H and O–H groups in total. The Kier molecular flexibility index (Phi) is 4.74. The van der Waals surface area contributed by atoms with E-state index in [9.17, 15) is 14.0 Å². The van der Waals surface area contributed by atoms with E-state index in [1.165, 1.54) is 34.0 Å². The van der Waals surface area contributed by atoms with E-state index >= 15 is 0 Å². The van der Waals surface area contributed by atoms with E-state index < -0.39 is 11.7 Å². The van der Waals surface area contributed by atoms with Gasteiger partial charge in [-0.15, -0.1) is 0 Å². The van der Waals surface area contributed by atoms with Crippen LogP contribution in [0.4, 0.5) is 4.39 Å². The summed E-state index contributed by atoms with van der Waals surface area (Å²) in [7, 11) is 0. The van der Waals surface area contributed by atoms with Gasteiger partial charge in [-0.3, -0.25) is 9.59 Å². The Labute approximate surface area is 168 Å². The van der Waals surface area contributed by atoms with Gasteiger partial charge in [-0.05, 0) is 30.3 Å². The average Bonchev–Trinajstić information content (AvgIpc) is 3.27. The molecule has 4 rings (SSSR count). The summed E-state index contributed by atoms with van der Waals surface area (Å²) in [6.45, 7) is 0.0562. The number of nitrogens with zero attached hydrogens (tertiary/aromatic N) is 4. The Bertz CT molecular complexity index is 1080. The molecular weight excluding hydrogens is 408 g/mol. The monoisotopic (exact) mass is 419 g/mol. The predicted molar refractivity (Wildman–Crippen MR) is 101 cm³/mol. The zero-order valence-corrected chi connectivity index (χ0v) is 15.7. The highest BCUT2D eigenvalue weighted by molar-refractivity contribution is 6.31. The van der Waals surface area contributed by atoms with E-state index in [4.69, 9.17) is 23.2 Å². The van der Waals surface area contributed by atoms with Gasteiger partial charge >= 0.3 is 0 Å². The van der Waals surface area contributed by atoms with Gasteiger partial charge in [-0.25, -0.2) is 14.1 Å². The van der Waals surface area contributed by atoms with Crippen molar-refractivity contribution in [1.29, 1.82) is 0 Å². The molecule has 0 unspecified atom stereocenters. The number of hydrogen-bond acceptors (Lipinski definition) is 4. The van der Waals surface area contributed by atoms with Crippen LogP contribution in [-0.2, 0) is 4.79 Å². The zero-order chi connectivity index (χ0) is 19.8. The largest absolute Gasteiger partial charge is 0.337 e. The van der Waals surface area contributed by atoms with Gasteiger partial charge in [-0.2, -0.15) is 5.10 Å². The first-order chi connectivity index (χ1) is 13.4. The van der Waals surface area contributed by atoms with Gasteiger partial charge in [0.1, 0.15) is 17.5 Å². The van der Waals surface area contributed by atoms with Crippen molar-refractivity contribution in [2.75, 3.05) is 13.2 Å². The molecular formula is C18H12Cl2FN5O2. The van der Waals surface area contributed by atoms with Crippen molar-refractivity contribution >= 4 is 35.0 Å². The van der Waals surface area contributed by atoms with E-state index in [-0.39, 0.29) is 35.0 Å². The zero-order valence-electron chi connectivity index (χ0n) is 14.2. The molecule has 1 aliphatic rings. The van der Waals surface area contributed by atoms with Gasteiger partial charge in [0, 0.05) is 22.8 Å². The maximum absolute atomic E-state index is 13.9. The molecule has 3 heterocycles. The number of carbonyl (C=O) groups excluding carboxylic acids is 2. The first-order valence-corrected chi connectivity index (χ1v) is 8.91. The van der Waals surface area contributed by atoms with Gasteiger partial charge in [0.15, 0.2) is 5.69 Å². The summed E-state index contributed by atoms with van der Waals surface area (Å²) in [4.78, 5) is 29.4. The van der Waals surface area contributed by atoms with Crippen LogP contribution in [0.3, 0.4) is 0 Å². The van der Waals surface area contributed by atoms with Crippen molar-refractivity contribution in [3.8, 4) is 16.9 Å². The minimum atomic E-state index is -0.523. The van der Waals surface area contributed by atoms with Crippen molar-refractivity contribution in [2.24, 2.45) is 0 Å². The third kappa shape index (κ3) is 3.56. The predicted octanol–water partition coefficient (Wildman–Crippen LogP) is 2.91. The molecule has 142 valence electrons. The van der Waals surface area contributed by atoms with Crippen LogP contribution in [0.25, 0.3) is 16.9 Å². The lowest BCUT2D eigenvalue weighted by Crippen LogP contribution is -2.30. The quantitative estimate of drug-likeness (QED) is 0.661. The molecule has 1 aromatic carbocycles. The van der Waals surface area contributed by atoms with Crippen LogP contribution < -0.4 is 5.32 Å². The third-order valence-corrected chi connectivity index (χ3v) is 4.56. The Balaban J connectivity index is 1.84. The number of rotatable bonds is 3. The fraction of sp³-hybridized carbons (Fsp3) is 0.111. The molecule has 0 radical (unpaired) electrons. The maximum atomic E-state index is 13.9. The first-order valence-electron chi connectivity index (χ1n) is 8.15. The Morgan fingerprint density at radius 2 is 2.00 bits per heavy atom. The molecule has 0 atom stereocenters. The third-order valence-electron chi connectivity index (χ3n) is 4.13. The van der Waals surface area contributed by atoms with Gasteiger partial charge < -0.3 is 10.2 Å². The van der Waals surface area contributed by atoms with Crippen molar-refractivity contribution in [1.82, 2.24) is 25.0 Å². The van der Waals surface area contributed by atoms with E-state index in [0.29, 0.717) is 16.9 Å². The van der Waals surface area contributed by atoms with Crippen LogP contribution in [0.15, 0.2) is 42.6 Å². The summed E-state index contributed by atoms with van der Waals surface area (Å²) in [5.74, 6) is -1.20. The highest BCUT2D eigenvalue weighted by Crippen LogP contribution is 2.28. The first kappa shape index (κ1) is 18.4. The van der Waals surface area contributed by atoms with Crippen molar-refractivity contribution < 1.29 is 14.0 Å². The molecule has 28 heavy (non-hydrogen) atoms. The number of benzene rings is 1. The maximum Gasteiger partial charge on any atom is 0.276 e. The molecule has 2 amide bonds. The number of nitrogens with one attached hydrogen (secondary N) is 1. The van der Waals surface area contributed by atoms with Gasteiger partial charge in [0.05, 0.1) is 18.1 Å². The lowest BCUT2D eigenvalue weighted by atomic mass is 10.1. The number of halogens is 3. The number of pyridine rings is 1. The SMILES string of the molecule is O=C1CN(C(=O)c2cc(-c3cc(F)cc(Cl)c3)n(-c3ccnc(Cl)c3)n2)CN1. The van der Waals surface area contributed by atoms with Gasteiger partial charge in [0.2, 0.25) is 5.91 Å². The lowest BCUT2D eigenvalue weighted by Gasteiger charge is -2.10. The highest BCUT2D eigenvalue weighted by atomic mass is 35.5. The molecule has 0 aliphatic carbocycles. The standard InChI is InChI=1S/C18H12Cl2FN5O2/c19-11-3-10(4-12(21)5-11)15-7-14(18(28)25-8-17(27)23-9-25)24-26(15)13-1-2-22-16(20)6-13/h1-7H,8-9H2,(H,23,27). The van der Waals surface area contributed by atoms with E-state index in [1.807, 2.05) is 0 Å². The summed E-state index contributed by atoms with van der Waals surface area (Å²) in [5, 5.41) is 7.37. The lowest BCUT2D eigenvalue weighted by molar-refractivity contribution is -0.118. The average molecular weight is 420 g/mol. The number of amides is 2. The van der Waals surface area contributed by atoms with Gasteiger partial charge in [-0.1, -0.05) is 23.2 Å². The van der Waals surface area contributed by atoms with Crippen molar-refractivity contribution in [3.63, 3.8) is 0 Å². The van der Waals surface area contributed by atoms with Crippen LogP contribution in [-0.4, -0.2) is 44.7 Å². The summed E-state index contributed by atoms with van der Waals surface area (Å²) in [6, 6.07) is 8.77. The molecule has 3 aromatic rings. The minimum Gasteiger partial charge on any atom is -0.337 e.